The Bertz CT molecular complexity index is 1980. The topological polar surface area (TPSA) is 130 Å². The Hall–Kier alpha value is -4.31. The van der Waals surface area contributed by atoms with Gasteiger partial charge >= 0.3 is 6.18 Å². The second-order valence-electron chi connectivity index (χ2n) is 13.9. The van der Waals surface area contributed by atoms with Gasteiger partial charge in [0.25, 0.3) is 11.8 Å². The first-order chi connectivity index (χ1) is 24.0. The highest BCUT2D eigenvalue weighted by Gasteiger charge is 2.56. The van der Waals surface area contributed by atoms with Crippen molar-refractivity contribution in [2.75, 3.05) is 27.3 Å². The van der Waals surface area contributed by atoms with Crippen LogP contribution in [0.2, 0.25) is 0 Å². The molecule has 0 radical (unpaired) electrons. The molecule has 4 aromatic rings. The predicted octanol–water partition coefficient (Wildman–Crippen LogP) is 5.74. The van der Waals surface area contributed by atoms with Gasteiger partial charge in [-0.25, -0.2) is 18.7 Å². The fraction of sp³-hybridized carbons (Fsp3) is 0.543. The van der Waals surface area contributed by atoms with Crippen molar-refractivity contribution < 1.29 is 41.0 Å². The minimum atomic E-state index is -4.88. The lowest BCUT2D eigenvalue weighted by atomic mass is 9.82. The van der Waals surface area contributed by atoms with E-state index < -0.39 is 48.8 Å². The lowest BCUT2D eigenvalue weighted by molar-refractivity contribution is -0.219. The number of rotatable bonds is 4. The molecule has 2 aliphatic rings. The van der Waals surface area contributed by atoms with E-state index in [1.54, 1.807) is 54.0 Å². The molecule has 3 N–H and O–H groups in total. The van der Waals surface area contributed by atoms with Crippen LogP contribution >= 0.6 is 0 Å². The van der Waals surface area contributed by atoms with Crippen molar-refractivity contribution in [2.45, 2.75) is 82.8 Å². The number of likely N-dealkylation sites (tertiary alicyclic amines) is 1. The molecule has 51 heavy (non-hydrogen) atoms. The zero-order chi connectivity index (χ0) is 37.0. The summed E-state index contributed by atoms with van der Waals surface area (Å²) < 4.78 is 88.1. The third-order valence-corrected chi connectivity index (χ3v) is 10.4. The van der Waals surface area contributed by atoms with Gasteiger partial charge < -0.3 is 34.6 Å². The number of benzene rings is 1. The Kier molecular flexibility index (Phi) is 9.55. The van der Waals surface area contributed by atoms with Gasteiger partial charge in [-0.2, -0.15) is 13.2 Å². The van der Waals surface area contributed by atoms with Gasteiger partial charge in [-0.05, 0) is 63.4 Å². The van der Waals surface area contributed by atoms with Crippen molar-refractivity contribution in [3.8, 4) is 17.3 Å². The van der Waals surface area contributed by atoms with Gasteiger partial charge in [-0.1, -0.05) is 6.42 Å². The molecule has 1 fully saturated rings. The van der Waals surface area contributed by atoms with Gasteiger partial charge in [-0.15, -0.1) is 0 Å². The van der Waals surface area contributed by atoms with E-state index in [1.165, 1.54) is 18.6 Å². The smallest absolute Gasteiger partial charge is 0.402 e. The van der Waals surface area contributed by atoms with Crippen molar-refractivity contribution in [1.82, 2.24) is 29.3 Å². The van der Waals surface area contributed by atoms with E-state index in [-0.39, 0.29) is 42.2 Å². The highest BCUT2D eigenvalue weighted by molar-refractivity contribution is 6.00. The number of pyridine rings is 1. The molecule has 3 aromatic heterocycles. The molecule has 4 atom stereocenters. The average Bonchev–Trinajstić information content (AvgIpc) is 3.60. The van der Waals surface area contributed by atoms with Crippen LogP contribution in [-0.4, -0.2) is 87.4 Å². The number of imidazole rings is 1. The van der Waals surface area contributed by atoms with Gasteiger partial charge in [0.15, 0.2) is 5.82 Å². The van der Waals surface area contributed by atoms with Crippen molar-refractivity contribution in [3.63, 3.8) is 0 Å². The van der Waals surface area contributed by atoms with Crippen LogP contribution in [0.1, 0.15) is 68.0 Å². The quantitative estimate of drug-likeness (QED) is 0.258. The fourth-order valence-corrected chi connectivity index (χ4v) is 7.15. The predicted molar refractivity (Wildman–Crippen MR) is 179 cm³/mol. The molecule has 0 saturated carbocycles. The largest absolute Gasteiger partial charge is 0.494 e. The molecule has 16 heteroatoms. The number of hydrogen-bond donors (Lipinski definition) is 2. The van der Waals surface area contributed by atoms with Gasteiger partial charge in [0.2, 0.25) is 5.91 Å². The Balaban J connectivity index is 1.44. The zero-order valence-electron chi connectivity index (χ0n) is 29.1. The van der Waals surface area contributed by atoms with Crippen LogP contribution < -0.4 is 15.8 Å². The zero-order valence-corrected chi connectivity index (χ0v) is 29.1. The van der Waals surface area contributed by atoms with Crippen LogP contribution in [0.15, 0.2) is 30.3 Å². The lowest BCUT2D eigenvalue weighted by Crippen LogP contribution is -2.53. The van der Waals surface area contributed by atoms with E-state index in [4.69, 9.17) is 20.2 Å². The Labute approximate surface area is 291 Å². The number of nitrogens with one attached hydrogen (secondary N) is 1. The maximum absolute atomic E-state index is 15.8. The molecule has 1 saturated heterocycles. The maximum atomic E-state index is 15.8. The van der Waals surface area contributed by atoms with E-state index >= 15 is 8.78 Å². The van der Waals surface area contributed by atoms with E-state index in [9.17, 15) is 22.8 Å². The van der Waals surface area contributed by atoms with Crippen LogP contribution in [0.4, 0.5) is 22.0 Å². The Morgan fingerprint density at radius 1 is 1.10 bits per heavy atom. The Morgan fingerprint density at radius 2 is 1.82 bits per heavy atom. The first-order valence-corrected chi connectivity index (χ1v) is 16.9. The van der Waals surface area contributed by atoms with E-state index in [1.807, 2.05) is 0 Å². The summed E-state index contributed by atoms with van der Waals surface area (Å²) in [6.45, 7) is 2.24. The lowest BCUT2D eigenvalue weighted by Gasteiger charge is -2.36. The van der Waals surface area contributed by atoms with Crippen LogP contribution in [0, 0.1) is 5.41 Å². The third kappa shape index (κ3) is 6.63. The number of ether oxygens (including phenoxy) is 2. The number of methoxy groups -OCH3 is 2. The number of hydrogen-bond acceptors (Lipinski definition) is 7. The monoisotopic (exact) mass is 719 g/mol. The van der Waals surface area contributed by atoms with Crippen LogP contribution in [-0.2, 0) is 23.1 Å². The number of nitrogens with two attached hydrogens (primary N) is 1. The van der Waals surface area contributed by atoms with Crippen molar-refractivity contribution >= 4 is 33.9 Å². The SMILES string of the molecule is COc1cc(C(=O)N2CC[C@@H](OC)[C@@H](N)C2)cc2nc(-c3cc4ccc5nc4n3CC(F)(F)CCCC[C@@](C)(C(F)(F)F)C(=O)N[C@@H]5C)n(C)c12. The maximum Gasteiger partial charge on any atom is 0.402 e. The van der Waals surface area contributed by atoms with Gasteiger partial charge in [-0.3, -0.25) is 9.59 Å². The summed E-state index contributed by atoms with van der Waals surface area (Å²) in [5.41, 5.74) is 5.41. The molecule has 0 spiro atoms. The summed E-state index contributed by atoms with van der Waals surface area (Å²) >= 11 is 0. The van der Waals surface area contributed by atoms with Crippen molar-refractivity contribution in [2.24, 2.45) is 18.2 Å². The molecule has 0 unspecified atom stereocenters. The molecular formula is C35H42F5N7O4. The highest BCUT2D eigenvalue weighted by Crippen LogP contribution is 2.44. The minimum absolute atomic E-state index is 0.155. The molecule has 11 nitrogen and oxygen atoms in total. The number of alkyl halides is 5. The number of fused-ring (bicyclic) bond motifs is 2. The van der Waals surface area contributed by atoms with Crippen LogP contribution in [0.3, 0.4) is 0 Å². The molecule has 6 rings (SSSR count). The van der Waals surface area contributed by atoms with E-state index in [0.717, 1.165) is 6.92 Å². The van der Waals surface area contributed by atoms with Gasteiger partial charge in [0.1, 0.15) is 22.3 Å². The summed E-state index contributed by atoms with van der Waals surface area (Å²) in [5, 5.41) is 2.95. The van der Waals surface area contributed by atoms with Gasteiger partial charge in [0, 0.05) is 50.7 Å². The van der Waals surface area contributed by atoms with Crippen molar-refractivity contribution in [3.05, 3.63) is 41.6 Å². The Morgan fingerprint density at radius 3 is 2.49 bits per heavy atom. The van der Waals surface area contributed by atoms with E-state index in [0.29, 0.717) is 58.8 Å². The number of aromatic nitrogens is 4. The minimum Gasteiger partial charge on any atom is -0.494 e. The number of halogens is 5. The highest BCUT2D eigenvalue weighted by atomic mass is 19.4. The standard InChI is InChI=1S/C35H42F5N7O4/c1-19-23-9-8-20-15-25(47(29(20)43-23)18-34(36,37)12-7-6-11-33(2,32(49)42-19)35(38,39)40)30-44-24-14-21(16-27(51-5)28(24)45(30)3)31(48)46-13-10-26(50-4)22(41)17-46/h8-9,14-16,19,22,26H,6-7,10-13,17-18,41H2,1-5H3,(H,42,49)/t19-,22+,26-,33-/m1/s1. The number of carbonyl (C=O) groups is 2. The van der Waals surface area contributed by atoms with Crippen molar-refractivity contribution in [1.29, 1.82) is 0 Å². The first kappa shape index (κ1) is 36.5. The second-order valence-corrected chi connectivity index (χ2v) is 13.9. The number of carbonyl (C=O) groups excluding carboxylic acids is 2. The molecule has 1 aromatic carbocycles. The second kappa shape index (κ2) is 13.3. The number of piperidine rings is 1. The van der Waals surface area contributed by atoms with Crippen LogP contribution in [0.25, 0.3) is 33.6 Å². The summed E-state index contributed by atoms with van der Waals surface area (Å²) in [5.74, 6) is -4.19. The molecule has 2 bridgehead atoms. The summed E-state index contributed by atoms with van der Waals surface area (Å²) in [4.78, 5) is 37.8. The van der Waals surface area contributed by atoms with E-state index in [2.05, 4.69) is 10.3 Å². The first-order valence-electron chi connectivity index (χ1n) is 16.9. The summed E-state index contributed by atoms with van der Waals surface area (Å²) in [6.07, 6.45) is -6.25. The molecule has 276 valence electrons. The molecule has 2 aliphatic heterocycles. The number of amides is 2. The third-order valence-electron chi connectivity index (χ3n) is 10.4. The average molecular weight is 720 g/mol. The molecule has 5 heterocycles. The summed E-state index contributed by atoms with van der Waals surface area (Å²) in [7, 11) is 4.76. The van der Waals surface area contributed by atoms with Gasteiger partial charge in [0.05, 0.1) is 42.7 Å². The van der Waals surface area contributed by atoms with Crippen LogP contribution in [0.5, 0.6) is 5.75 Å². The normalized spacial score (nSPS) is 24.9. The molecule has 2 amide bonds. The summed E-state index contributed by atoms with van der Waals surface area (Å²) in [6, 6.07) is 6.79. The number of aryl methyl sites for hydroxylation is 1. The number of nitrogens with zero attached hydrogens (tertiary/aromatic N) is 5. The fourth-order valence-electron chi connectivity index (χ4n) is 7.15. The molecule has 0 aliphatic carbocycles. The molecular weight excluding hydrogens is 677 g/mol.